The smallest absolute Gasteiger partial charge is 0.151 e. The van der Waals surface area contributed by atoms with Gasteiger partial charge in [-0.25, -0.2) is 4.98 Å². The quantitative estimate of drug-likeness (QED) is 0.848. The number of nitrogens with two attached hydrogens (primary N) is 1. The number of nitrogens with zero attached hydrogens (tertiary/aromatic N) is 1. The summed E-state index contributed by atoms with van der Waals surface area (Å²) in [5.74, 6) is 0.614. The van der Waals surface area contributed by atoms with E-state index >= 15 is 0 Å². The molecule has 0 saturated carbocycles. The zero-order valence-corrected chi connectivity index (χ0v) is 10.5. The SMILES string of the molecule is CC(=O)[C@@H](N)CSc1nc2ccccc2s1. The van der Waals surface area contributed by atoms with Crippen molar-refractivity contribution in [1.29, 1.82) is 0 Å². The van der Waals surface area contributed by atoms with Gasteiger partial charge in [0.2, 0.25) is 0 Å². The molecule has 0 saturated heterocycles. The van der Waals surface area contributed by atoms with Crippen LogP contribution >= 0.6 is 23.1 Å². The largest absolute Gasteiger partial charge is 0.321 e. The van der Waals surface area contributed by atoms with Crippen molar-refractivity contribution in [3.05, 3.63) is 24.3 Å². The van der Waals surface area contributed by atoms with Gasteiger partial charge >= 0.3 is 0 Å². The van der Waals surface area contributed by atoms with Gasteiger partial charge in [-0.05, 0) is 19.1 Å². The lowest BCUT2D eigenvalue weighted by atomic mass is 10.3. The molecular weight excluding hydrogens is 240 g/mol. The van der Waals surface area contributed by atoms with Crippen molar-refractivity contribution in [2.75, 3.05) is 5.75 Å². The maximum Gasteiger partial charge on any atom is 0.151 e. The molecule has 1 atom stereocenters. The van der Waals surface area contributed by atoms with Gasteiger partial charge < -0.3 is 5.73 Å². The molecule has 0 bridgehead atoms. The zero-order chi connectivity index (χ0) is 11.5. The number of hydrogen-bond donors (Lipinski definition) is 1. The molecule has 2 N–H and O–H groups in total. The molecular formula is C11H12N2OS2. The maximum absolute atomic E-state index is 11.0. The second kappa shape index (κ2) is 4.95. The van der Waals surface area contributed by atoms with Crippen LogP contribution in [0.1, 0.15) is 6.92 Å². The van der Waals surface area contributed by atoms with E-state index in [2.05, 4.69) is 4.98 Å². The molecule has 16 heavy (non-hydrogen) atoms. The first-order valence-corrected chi connectivity index (χ1v) is 6.71. The summed E-state index contributed by atoms with van der Waals surface area (Å²) < 4.78 is 2.14. The highest BCUT2D eigenvalue weighted by Crippen LogP contribution is 2.29. The number of carbonyl (C=O) groups excluding carboxylic acids is 1. The number of thioether (sulfide) groups is 1. The van der Waals surface area contributed by atoms with E-state index in [9.17, 15) is 4.79 Å². The normalized spacial score (nSPS) is 12.9. The number of benzene rings is 1. The van der Waals surface area contributed by atoms with Crippen LogP contribution in [0.25, 0.3) is 10.2 Å². The number of Topliss-reactive ketones (excluding diaryl/α,β-unsaturated/α-hetero) is 1. The lowest BCUT2D eigenvalue weighted by molar-refractivity contribution is -0.117. The topological polar surface area (TPSA) is 56.0 Å². The average molecular weight is 252 g/mol. The van der Waals surface area contributed by atoms with Gasteiger partial charge in [0.25, 0.3) is 0 Å². The van der Waals surface area contributed by atoms with Crippen molar-refractivity contribution < 1.29 is 4.79 Å². The summed E-state index contributed by atoms with van der Waals surface area (Å²) in [5, 5.41) is 0. The van der Waals surface area contributed by atoms with Crippen LogP contribution in [-0.2, 0) is 4.79 Å². The van der Waals surface area contributed by atoms with Gasteiger partial charge in [-0.15, -0.1) is 11.3 Å². The number of ketones is 1. The molecule has 1 heterocycles. The standard InChI is InChI=1S/C11H12N2OS2/c1-7(14)8(12)6-15-11-13-9-4-2-3-5-10(9)16-11/h2-5,8H,6,12H2,1H3/t8-/m0/s1. The Bertz CT molecular complexity index is 476. The lowest BCUT2D eigenvalue weighted by Gasteiger charge is -2.04. The van der Waals surface area contributed by atoms with Crippen molar-refractivity contribution in [2.45, 2.75) is 17.3 Å². The monoisotopic (exact) mass is 252 g/mol. The summed E-state index contributed by atoms with van der Waals surface area (Å²) in [4.78, 5) is 15.4. The summed E-state index contributed by atoms with van der Waals surface area (Å²) in [7, 11) is 0. The minimum atomic E-state index is -0.392. The predicted molar refractivity (Wildman–Crippen MR) is 69.0 cm³/mol. The summed E-state index contributed by atoms with van der Waals surface area (Å²) in [6.07, 6.45) is 0. The molecule has 0 spiro atoms. The minimum absolute atomic E-state index is 0.0219. The van der Waals surface area contributed by atoms with E-state index in [-0.39, 0.29) is 5.78 Å². The Hall–Kier alpha value is -0.910. The third-order valence-electron chi connectivity index (χ3n) is 2.18. The van der Waals surface area contributed by atoms with Crippen LogP contribution in [-0.4, -0.2) is 22.6 Å². The first-order valence-electron chi connectivity index (χ1n) is 4.91. The maximum atomic E-state index is 11.0. The lowest BCUT2D eigenvalue weighted by Crippen LogP contribution is -2.30. The van der Waals surface area contributed by atoms with Gasteiger partial charge in [0.15, 0.2) is 4.34 Å². The molecule has 0 amide bonds. The Morgan fingerprint density at radius 1 is 1.56 bits per heavy atom. The number of rotatable bonds is 4. The Morgan fingerprint density at radius 3 is 3.00 bits per heavy atom. The second-order valence-corrected chi connectivity index (χ2v) is 5.77. The van der Waals surface area contributed by atoms with E-state index in [1.165, 1.54) is 11.6 Å². The molecule has 1 aromatic carbocycles. The second-order valence-electron chi connectivity index (χ2n) is 3.48. The highest BCUT2D eigenvalue weighted by molar-refractivity contribution is 8.01. The Balaban J connectivity index is 2.07. The van der Waals surface area contributed by atoms with E-state index in [0.29, 0.717) is 5.75 Å². The summed E-state index contributed by atoms with van der Waals surface area (Å²) in [5.41, 5.74) is 6.67. The molecule has 0 aliphatic heterocycles. The molecule has 2 rings (SSSR count). The third-order valence-corrected chi connectivity index (χ3v) is 4.48. The van der Waals surface area contributed by atoms with Crippen LogP contribution in [0.3, 0.4) is 0 Å². The minimum Gasteiger partial charge on any atom is -0.321 e. The molecule has 5 heteroatoms. The van der Waals surface area contributed by atoms with E-state index in [4.69, 9.17) is 5.73 Å². The number of aromatic nitrogens is 1. The van der Waals surface area contributed by atoms with E-state index in [0.717, 1.165) is 9.86 Å². The number of fused-ring (bicyclic) bond motifs is 1. The molecule has 0 fully saturated rings. The highest BCUT2D eigenvalue weighted by atomic mass is 32.2. The van der Waals surface area contributed by atoms with Gasteiger partial charge in [-0.2, -0.15) is 0 Å². The molecule has 3 nitrogen and oxygen atoms in total. The highest BCUT2D eigenvalue weighted by Gasteiger charge is 2.10. The van der Waals surface area contributed by atoms with Gasteiger partial charge in [0.1, 0.15) is 5.78 Å². The van der Waals surface area contributed by atoms with Crippen LogP contribution in [0.15, 0.2) is 28.6 Å². The van der Waals surface area contributed by atoms with Gasteiger partial charge in [0.05, 0.1) is 16.3 Å². The molecule has 1 aromatic heterocycles. The molecule has 0 radical (unpaired) electrons. The van der Waals surface area contributed by atoms with E-state index in [1.807, 2.05) is 24.3 Å². The average Bonchev–Trinajstić information content (AvgIpc) is 2.68. The van der Waals surface area contributed by atoms with Crippen LogP contribution in [0.5, 0.6) is 0 Å². The molecule has 0 aliphatic carbocycles. The Labute approximate surface area is 102 Å². The Morgan fingerprint density at radius 2 is 2.31 bits per heavy atom. The van der Waals surface area contributed by atoms with E-state index < -0.39 is 6.04 Å². The van der Waals surface area contributed by atoms with Crippen molar-refractivity contribution >= 4 is 39.1 Å². The summed E-state index contributed by atoms with van der Waals surface area (Å²) >= 11 is 3.18. The van der Waals surface area contributed by atoms with Crippen molar-refractivity contribution in [2.24, 2.45) is 5.73 Å². The molecule has 0 aliphatic rings. The fourth-order valence-electron chi connectivity index (χ4n) is 1.19. The molecule has 84 valence electrons. The fourth-order valence-corrected chi connectivity index (χ4v) is 3.32. The molecule has 2 aromatic rings. The van der Waals surface area contributed by atoms with Crippen molar-refractivity contribution in [3.8, 4) is 0 Å². The predicted octanol–water partition coefficient (Wildman–Crippen LogP) is 2.30. The Kier molecular flexibility index (Phi) is 3.58. The summed E-state index contributed by atoms with van der Waals surface area (Å²) in [6, 6.07) is 7.61. The fraction of sp³-hybridized carbons (Fsp3) is 0.273. The van der Waals surface area contributed by atoms with Gasteiger partial charge in [-0.3, -0.25) is 4.79 Å². The summed E-state index contributed by atoms with van der Waals surface area (Å²) in [6.45, 7) is 1.52. The number of thiazole rings is 1. The van der Waals surface area contributed by atoms with Crippen molar-refractivity contribution in [1.82, 2.24) is 4.98 Å². The van der Waals surface area contributed by atoms with Crippen molar-refractivity contribution in [3.63, 3.8) is 0 Å². The molecule has 0 unspecified atom stereocenters. The van der Waals surface area contributed by atoms with E-state index in [1.54, 1.807) is 23.1 Å². The number of hydrogen-bond acceptors (Lipinski definition) is 5. The van der Waals surface area contributed by atoms with Crippen LogP contribution in [0, 0.1) is 0 Å². The van der Waals surface area contributed by atoms with Gasteiger partial charge in [-0.1, -0.05) is 23.9 Å². The van der Waals surface area contributed by atoms with Crippen LogP contribution in [0.4, 0.5) is 0 Å². The van der Waals surface area contributed by atoms with Crippen LogP contribution in [0.2, 0.25) is 0 Å². The first kappa shape index (κ1) is 11.6. The zero-order valence-electron chi connectivity index (χ0n) is 8.84. The van der Waals surface area contributed by atoms with Gasteiger partial charge in [0, 0.05) is 5.75 Å². The van der Waals surface area contributed by atoms with Crippen LogP contribution < -0.4 is 5.73 Å². The first-order chi connectivity index (χ1) is 7.66. The number of carbonyl (C=O) groups is 1. The third kappa shape index (κ3) is 2.61. The number of para-hydroxylation sites is 1.